The molecule has 2 saturated heterocycles. The van der Waals surface area contributed by atoms with Crippen LogP contribution >= 0.6 is 0 Å². The molecule has 2 aliphatic rings. The van der Waals surface area contributed by atoms with Gasteiger partial charge < -0.3 is 14.8 Å². The molecule has 2 aliphatic heterocycles. The van der Waals surface area contributed by atoms with E-state index in [0.717, 1.165) is 74.3 Å². The molecule has 0 aliphatic carbocycles. The Kier molecular flexibility index (Phi) is 5.85. The Morgan fingerprint density at radius 1 is 1.19 bits per heavy atom. The second kappa shape index (κ2) is 8.93. The summed E-state index contributed by atoms with van der Waals surface area (Å²) in [6.07, 6.45) is 9.70. The summed E-state index contributed by atoms with van der Waals surface area (Å²) < 4.78 is 15.9. The van der Waals surface area contributed by atoms with Gasteiger partial charge in [0.15, 0.2) is 0 Å². The quantitative estimate of drug-likeness (QED) is 0.661. The van der Waals surface area contributed by atoms with E-state index in [9.17, 15) is 5.26 Å². The molecule has 1 N–H and O–H groups in total. The molecule has 1 atom stereocenters. The Bertz CT molecular complexity index is 1130. The zero-order valence-corrected chi connectivity index (χ0v) is 18.8. The molecule has 168 valence electrons. The second-order valence-corrected chi connectivity index (χ2v) is 8.90. The molecule has 0 unspecified atom stereocenters. The van der Waals surface area contributed by atoms with E-state index >= 15 is 0 Å². The Labute approximate surface area is 188 Å². The van der Waals surface area contributed by atoms with Crippen molar-refractivity contribution in [3.8, 4) is 22.9 Å². The molecule has 0 spiro atoms. The highest BCUT2D eigenvalue weighted by molar-refractivity contribution is 5.76. The summed E-state index contributed by atoms with van der Waals surface area (Å²) in [7, 11) is 0. The molecule has 3 aromatic heterocycles. The first-order valence-electron chi connectivity index (χ1n) is 11.6. The Morgan fingerprint density at radius 3 is 2.72 bits per heavy atom. The molecular weight excluding hydrogens is 404 g/mol. The maximum atomic E-state index is 9.62. The van der Waals surface area contributed by atoms with Gasteiger partial charge in [-0.15, -0.1) is 0 Å². The number of pyridine rings is 1. The lowest BCUT2D eigenvalue weighted by molar-refractivity contribution is 0.0242. The predicted molar refractivity (Wildman–Crippen MR) is 121 cm³/mol. The van der Waals surface area contributed by atoms with E-state index in [-0.39, 0.29) is 6.10 Å². The van der Waals surface area contributed by atoms with Crippen LogP contribution in [-0.2, 0) is 4.74 Å². The molecule has 5 rings (SSSR count). The largest absolute Gasteiger partial charge is 0.488 e. The number of hydrogen-bond acceptors (Lipinski definition) is 6. The van der Waals surface area contributed by atoms with Gasteiger partial charge in [-0.1, -0.05) is 0 Å². The molecule has 0 saturated carbocycles. The Morgan fingerprint density at radius 2 is 1.97 bits per heavy atom. The van der Waals surface area contributed by atoms with Crippen molar-refractivity contribution in [2.75, 3.05) is 26.3 Å². The van der Waals surface area contributed by atoms with E-state index < -0.39 is 0 Å². The van der Waals surface area contributed by atoms with Crippen LogP contribution in [0.15, 0.2) is 24.7 Å². The minimum Gasteiger partial charge on any atom is -0.488 e. The van der Waals surface area contributed by atoms with Gasteiger partial charge in [-0.25, -0.2) is 4.52 Å². The van der Waals surface area contributed by atoms with Crippen molar-refractivity contribution >= 4 is 5.52 Å². The third kappa shape index (κ3) is 3.87. The lowest BCUT2D eigenvalue weighted by Crippen LogP contribution is -2.30. The molecule has 5 heterocycles. The van der Waals surface area contributed by atoms with Crippen molar-refractivity contribution < 1.29 is 9.47 Å². The van der Waals surface area contributed by atoms with Crippen LogP contribution in [0.5, 0.6) is 5.75 Å². The first kappa shape index (κ1) is 21.0. The lowest BCUT2D eigenvalue weighted by atomic mass is 9.95. The summed E-state index contributed by atoms with van der Waals surface area (Å²) in [6, 6.07) is 4.73. The number of ether oxygens (including phenoxy) is 2. The highest BCUT2D eigenvalue weighted by atomic mass is 16.5. The first-order valence-corrected chi connectivity index (χ1v) is 11.6. The van der Waals surface area contributed by atoms with Gasteiger partial charge in [0.2, 0.25) is 0 Å². The maximum Gasteiger partial charge on any atom is 0.147 e. The zero-order chi connectivity index (χ0) is 22.1. The normalized spacial score (nSPS) is 19.2. The fourth-order valence-electron chi connectivity index (χ4n) is 5.01. The molecule has 8 heteroatoms. The maximum absolute atomic E-state index is 9.62. The van der Waals surface area contributed by atoms with E-state index in [1.165, 1.54) is 0 Å². The van der Waals surface area contributed by atoms with Gasteiger partial charge in [-0.05, 0) is 64.6 Å². The molecule has 2 fully saturated rings. The molecule has 8 nitrogen and oxygen atoms in total. The number of rotatable bonds is 5. The number of nitrogens with one attached hydrogen (secondary N) is 1. The number of hydrogen-bond donors (Lipinski definition) is 1. The third-order valence-corrected chi connectivity index (χ3v) is 6.95. The summed E-state index contributed by atoms with van der Waals surface area (Å²) in [6.45, 7) is 7.85. The van der Waals surface area contributed by atoms with Crippen LogP contribution in [0.3, 0.4) is 0 Å². The van der Waals surface area contributed by atoms with E-state index in [1.807, 2.05) is 18.5 Å². The number of aromatic nitrogens is 4. The zero-order valence-electron chi connectivity index (χ0n) is 18.8. The summed E-state index contributed by atoms with van der Waals surface area (Å²) in [4.78, 5) is 0. The number of nitriles is 1. The minimum absolute atomic E-state index is 0.0259. The van der Waals surface area contributed by atoms with Crippen LogP contribution in [0.2, 0.25) is 0 Å². The van der Waals surface area contributed by atoms with Gasteiger partial charge >= 0.3 is 0 Å². The SMILES string of the molecule is Cc1c(-c2cc(O[C@H](C)C3CCOCC3)c3c(C#N)cnn3c2)cnn1C1CCNCC1. The van der Waals surface area contributed by atoms with Gasteiger partial charge in [0.1, 0.15) is 22.9 Å². The molecule has 0 radical (unpaired) electrons. The van der Waals surface area contributed by atoms with Crippen molar-refractivity contribution in [1.82, 2.24) is 24.7 Å². The molecule has 0 aromatic carbocycles. The predicted octanol–water partition coefficient (Wildman–Crippen LogP) is 3.50. The monoisotopic (exact) mass is 434 g/mol. The first-order chi connectivity index (χ1) is 15.7. The number of fused-ring (bicyclic) bond motifs is 1. The highest BCUT2D eigenvalue weighted by Crippen LogP contribution is 2.34. The summed E-state index contributed by atoms with van der Waals surface area (Å²) in [5.74, 6) is 1.13. The Hall–Kier alpha value is -2.89. The molecular formula is C24H30N6O2. The standard InChI is InChI=1S/C24H30N6O2/c1-16-22(14-28-30(16)21-3-7-26-8-4-21)19-11-23(24-20(12-25)13-27-29(24)15-19)32-17(2)18-5-9-31-10-6-18/h11,13-15,17-18,21,26H,3-10H2,1-2H3/t17-/m1/s1. The van der Waals surface area contributed by atoms with Crippen molar-refractivity contribution in [3.63, 3.8) is 0 Å². The van der Waals surface area contributed by atoms with Crippen molar-refractivity contribution in [1.29, 1.82) is 5.26 Å². The van der Waals surface area contributed by atoms with Crippen LogP contribution in [0, 0.1) is 24.2 Å². The van der Waals surface area contributed by atoms with E-state index in [4.69, 9.17) is 14.6 Å². The fourth-order valence-corrected chi connectivity index (χ4v) is 5.01. The lowest BCUT2D eigenvalue weighted by Gasteiger charge is -2.28. The van der Waals surface area contributed by atoms with Crippen LogP contribution in [0.25, 0.3) is 16.6 Å². The third-order valence-electron chi connectivity index (χ3n) is 6.95. The summed E-state index contributed by atoms with van der Waals surface area (Å²) >= 11 is 0. The van der Waals surface area contributed by atoms with Gasteiger partial charge in [0, 0.05) is 36.2 Å². The topological polar surface area (TPSA) is 89.4 Å². The number of piperidine rings is 1. The number of nitrogens with zero attached hydrogens (tertiary/aromatic N) is 5. The van der Waals surface area contributed by atoms with Crippen LogP contribution < -0.4 is 10.1 Å². The highest BCUT2D eigenvalue weighted by Gasteiger charge is 2.25. The van der Waals surface area contributed by atoms with Crippen molar-refractivity contribution in [3.05, 3.63) is 35.9 Å². The summed E-state index contributed by atoms with van der Waals surface area (Å²) in [5.41, 5.74) is 4.46. The van der Waals surface area contributed by atoms with E-state index in [2.05, 4.69) is 35.0 Å². The van der Waals surface area contributed by atoms with Gasteiger partial charge in [-0.3, -0.25) is 4.68 Å². The van der Waals surface area contributed by atoms with Gasteiger partial charge in [-0.2, -0.15) is 15.5 Å². The molecule has 3 aromatic rings. The Balaban J connectivity index is 1.52. The minimum atomic E-state index is 0.0259. The second-order valence-electron chi connectivity index (χ2n) is 8.90. The van der Waals surface area contributed by atoms with Crippen molar-refractivity contribution in [2.45, 2.75) is 51.7 Å². The molecule has 0 amide bonds. The fraction of sp³-hybridized carbons (Fsp3) is 0.542. The average Bonchev–Trinajstić information content (AvgIpc) is 3.43. The van der Waals surface area contributed by atoms with Crippen LogP contribution in [0.4, 0.5) is 0 Å². The van der Waals surface area contributed by atoms with E-state index in [1.54, 1.807) is 10.7 Å². The summed E-state index contributed by atoms with van der Waals surface area (Å²) in [5, 5.41) is 22.2. The van der Waals surface area contributed by atoms with Crippen molar-refractivity contribution in [2.24, 2.45) is 5.92 Å². The average molecular weight is 435 g/mol. The van der Waals surface area contributed by atoms with Crippen LogP contribution in [0.1, 0.15) is 49.9 Å². The van der Waals surface area contributed by atoms with Crippen LogP contribution in [-0.4, -0.2) is 51.8 Å². The van der Waals surface area contributed by atoms with Gasteiger partial charge in [0.25, 0.3) is 0 Å². The van der Waals surface area contributed by atoms with E-state index in [0.29, 0.717) is 23.3 Å². The molecule has 0 bridgehead atoms. The smallest absolute Gasteiger partial charge is 0.147 e. The molecule has 32 heavy (non-hydrogen) atoms. The van der Waals surface area contributed by atoms with Gasteiger partial charge in [0.05, 0.1) is 24.5 Å².